The zero-order valence-electron chi connectivity index (χ0n) is 24.3. The highest BCUT2D eigenvalue weighted by Gasteiger charge is 2.22. The first kappa shape index (κ1) is 30.2. The van der Waals surface area contributed by atoms with Crippen LogP contribution in [0.5, 0.6) is 0 Å². The number of hydrogen-bond acceptors (Lipinski definition) is 0. The second-order valence-corrected chi connectivity index (χ2v) is 11.6. The fourth-order valence-corrected chi connectivity index (χ4v) is 6.22. The molecule has 214 valence electrons. The van der Waals surface area contributed by atoms with Crippen molar-refractivity contribution in [1.82, 2.24) is 0 Å². The minimum atomic E-state index is -0.801. The number of aryl methyl sites for hydroxylation is 1. The molecule has 0 spiro atoms. The van der Waals surface area contributed by atoms with Crippen LogP contribution in [0.15, 0.2) is 66.7 Å². The Kier molecular flexibility index (Phi) is 11.5. The van der Waals surface area contributed by atoms with Crippen molar-refractivity contribution in [2.45, 2.75) is 103 Å². The highest BCUT2D eigenvalue weighted by molar-refractivity contribution is 5.71. The minimum absolute atomic E-state index is 0.233. The Morgan fingerprint density at radius 3 is 1.90 bits per heavy atom. The zero-order chi connectivity index (χ0) is 28.3. The van der Waals surface area contributed by atoms with Crippen molar-refractivity contribution in [1.29, 1.82) is 0 Å². The number of benzene rings is 3. The molecule has 1 saturated carbocycles. The lowest BCUT2D eigenvalue weighted by molar-refractivity contribution is 0.375. The van der Waals surface area contributed by atoms with Crippen molar-refractivity contribution in [3.8, 4) is 22.3 Å². The van der Waals surface area contributed by atoms with Crippen LogP contribution in [0.25, 0.3) is 22.3 Å². The Labute approximate surface area is 239 Å². The standard InChI is InChI=1S/C37H45F3/c1-3-5-6-7-8-9-10-11-13-31-22-25-34(37(40)36(31)39)30-20-18-29(19-21-30)33-24-23-32(26-35(33)38)28-16-14-27(12-4-2)15-17-28/h4,12,18-28H,3,5-11,13-17H2,1-2H3/b12-4+. The molecule has 1 aliphatic rings. The lowest BCUT2D eigenvalue weighted by Gasteiger charge is -2.27. The Bertz CT molecular complexity index is 1230. The molecule has 0 bridgehead atoms. The van der Waals surface area contributed by atoms with Gasteiger partial charge in [0.2, 0.25) is 0 Å². The van der Waals surface area contributed by atoms with E-state index >= 15 is 8.78 Å². The normalized spacial score (nSPS) is 17.5. The van der Waals surface area contributed by atoms with Crippen LogP contribution >= 0.6 is 0 Å². The summed E-state index contributed by atoms with van der Waals surface area (Å²) in [6.45, 7) is 4.28. The van der Waals surface area contributed by atoms with Crippen molar-refractivity contribution in [3.63, 3.8) is 0 Å². The number of unbranched alkanes of at least 4 members (excludes halogenated alkanes) is 7. The molecule has 0 heterocycles. The average molecular weight is 547 g/mol. The summed E-state index contributed by atoms with van der Waals surface area (Å²) in [5.74, 6) is -0.726. The topological polar surface area (TPSA) is 0 Å². The fraction of sp³-hybridized carbons (Fsp3) is 0.459. The quantitative estimate of drug-likeness (QED) is 0.148. The van der Waals surface area contributed by atoms with E-state index < -0.39 is 11.6 Å². The predicted molar refractivity (Wildman–Crippen MR) is 163 cm³/mol. The van der Waals surface area contributed by atoms with Crippen molar-refractivity contribution < 1.29 is 13.2 Å². The van der Waals surface area contributed by atoms with Gasteiger partial charge in [-0.3, -0.25) is 0 Å². The third-order valence-corrected chi connectivity index (χ3v) is 8.67. The van der Waals surface area contributed by atoms with E-state index in [1.54, 1.807) is 42.5 Å². The van der Waals surface area contributed by atoms with Gasteiger partial charge >= 0.3 is 0 Å². The van der Waals surface area contributed by atoms with E-state index in [1.165, 1.54) is 32.1 Å². The van der Waals surface area contributed by atoms with Gasteiger partial charge in [-0.25, -0.2) is 13.2 Å². The lowest BCUT2D eigenvalue weighted by atomic mass is 9.78. The monoisotopic (exact) mass is 546 g/mol. The Morgan fingerprint density at radius 1 is 0.675 bits per heavy atom. The largest absolute Gasteiger partial charge is 0.206 e. The number of halogens is 3. The van der Waals surface area contributed by atoms with Crippen LogP contribution in [0, 0.1) is 23.4 Å². The van der Waals surface area contributed by atoms with Gasteiger partial charge in [-0.1, -0.05) is 113 Å². The molecule has 4 rings (SSSR count). The van der Waals surface area contributed by atoms with E-state index in [4.69, 9.17) is 0 Å². The number of allylic oxidation sites excluding steroid dienone is 2. The molecule has 0 nitrogen and oxygen atoms in total. The van der Waals surface area contributed by atoms with E-state index in [2.05, 4.69) is 26.0 Å². The number of hydrogen-bond donors (Lipinski definition) is 0. The first-order valence-electron chi connectivity index (χ1n) is 15.5. The summed E-state index contributed by atoms with van der Waals surface area (Å²) < 4.78 is 45.1. The first-order chi connectivity index (χ1) is 19.5. The van der Waals surface area contributed by atoms with Crippen molar-refractivity contribution in [2.24, 2.45) is 5.92 Å². The van der Waals surface area contributed by atoms with Gasteiger partial charge in [-0.15, -0.1) is 0 Å². The van der Waals surface area contributed by atoms with E-state index in [-0.39, 0.29) is 11.4 Å². The third-order valence-electron chi connectivity index (χ3n) is 8.67. The summed E-state index contributed by atoms with van der Waals surface area (Å²) in [6.07, 6.45) is 18.8. The van der Waals surface area contributed by atoms with Gasteiger partial charge in [0.05, 0.1) is 0 Å². The van der Waals surface area contributed by atoms with E-state index in [0.717, 1.165) is 56.1 Å². The Morgan fingerprint density at radius 2 is 1.27 bits per heavy atom. The highest BCUT2D eigenvalue weighted by atomic mass is 19.2. The molecule has 40 heavy (non-hydrogen) atoms. The third kappa shape index (κ3) is 7.89. The minimum Gasteiger partial charge on any atom is -0.206 e. The molecular formula is C37H45F3. The van der Waals surface area contributed by atoms with Crippen molar-refractivity contribution in [2.75, 3.05) is 0 Å². The van der Waals surface area contributed by atoms with Crippen LogP contribution < -0.4 is 0 Å². The summed E-state index contributed by atoms with van der Waals surface area (Å²) in [7, 11) is 0. The molecule has 0 aromatic heterocycles. The summed E-state index contributed by atoms with van der Waals surface area (Å²) in [4.78, 5) is 0. The molecule has 1 aliphatic carbocycles. The molecule has 3 heteroatoms. The van der Waals surface area contributed by atoms with E-state index in [9.17, 15) is 4.39 Å². The van der Waals surface area contributed by atoms with Crippen molar-refractivity contribution >= 4 is 0 Å². The van der Waals surface area contributed by atoms with Gasteiger partial charge in [0, 0.05) is 11.1 Å². The van der Waals surface area contributed by atoms with E-state index in [1.807, 2.05) is 12.1 Å². The molecule has 1 fully saturated rings. The SMILES string of the molecule is C/C=C/C1CCC(c2ccc(-c3ccc(-c4ccc(CCCCCCCCCC)c(F)c4F)cc3)c(F)c2)CC1. The van der Waals surface area contributed by atoms with Crippen LogP contribution in [0.1, 0.15) is 108 Å². The van der Waals surface area contributed by atoms with Gasteiger partial charge in [0.25, 0.3) is 0 Å². The van der Waals surface area contributed by atoms with Crippen LogP contribution in [-0.2, 0) is 6.42 Å². The smallest absolute Gasteiger partial charge is 0.166 e. The summed E-state index contributed by atoms with van der Waals surface area (Å²) in [6, 6.07) is 16.1. The van der Waals surface area contributed by atoms with Gasteiger partial charge in [0.15, 0.2) is 11.6 Å². The molecule has 3 aromatic carbocycles. The van der Waals surface area contributed by atoms with Gasteiger partial charge in [-0.05, 0) is 85.6 Å². The van der Waals surface area contributed by atoms with E-state index in [0.29, 0.717) is 34.9 Å². The summed E-state index contributed by atoms with van der Waals surface area (Å²) in [5.41, 5.74) is 3.62. The summed E-state index contributed by atoms with van der Waals surface area (Å²) >= 11 is 0. The predicted octanol–water partition coefficient (Wildman–Crippen LogP) is 12.0. The molecule has 0 atom stereocenters. The molecular weight excluding hydrogens is 501 g/mol. The van der Waals surface area contributed by atoms with Gasteiger partial charge < -0.3 is 0 Å². The second-order valence-electron chi connectivity index (χ2n) is 11.6. The Balaban J connectivity index is 1.36. The van der Waals surface area contributed by atoms with Crippen LogP contribution in [0.4, 0.5) is 13.2 Å². The number of rotatable bonds is 13. The molecule has 0 aliphatic heterocycles. The maximum Gasteiger partial charge on any atom is 0.166 e. The zero-order valence-corrected chi connectivity index (χ0v) is 24.3. The maximum atomic E-state index is 15.2. The first-order valence-corrected chi connectivity index (χ1v) is 15.5. The maximum absolute atomic E-state index is 15.2. The Hall–Kier alpha value is -2.81. The molecule has 3 aromatic rings. The second kappa shape index (κ2) is 15.3. The summed E-state index contributed by atoms with van der Waals surface area (Å²) in [5, 5.41) is 0. The van der Waals surface area contributed by atoms with Crippen molar-refractivity contribution in [3.05, 3.63) is 95.3 Å². The van der Waals surface area contributed by atoms with Crippen LogP contribution in [0.2, 0.25) is 0 Å². The van der Waals surface area contributed by atoms with Crippen LogP contribution in [0.3, 0.4) is 0 Å². The molecule has 0 radical (unpaired) electrons. The van der Waals surface area contributed by atoms with Crippen LogP contribution in [-0.4, -0.2) is 0 Å². The molecule has 0 saturated heterocycles. The lowest BCUT2D eigenvalue weighted by Crippen LogP contribution is -2.12. The van der Waals surface area contributed by atoms with Gasteiger partial charge in [-0.2, -0.15) is 0 Å². The molecule has 0 amide bonds. The fourth-order valence-electron chi connectivity index (χ4n) is 6.22. The molecule has 0 N–H and O–H groups in total. The van der Waals surface area contributed by atoms with Gasteiger partial charge in [0.1, 0.15) is 5.82 Å². The molecule has 0 unspecified atom stereocenters. The highest BCUT2D eigenvalue weighted by Crippen LogP contribution is 2.38. The average Bonchev–Trinajstić information content (AvgIpc) is 2.97.